The summed E-state index contributed by atoms with van der Waals surface area (Å²) in [6.45, 7) is 0. The van der Waals surface area contributed by atoms with E-state index in [0.29, 0.717) is 18.5 Å². The molecule has 4 N–H and O–H groups in total. The van der Waals surface area contributed by atoms with Gasteiger partial charge in [-0.2, -0.15) is 0 Å². The van der Waals surface area contributed by atoms with E-state index in [-0.39, 0.29) is 11.7 Å². The van der Waals surface area contributed by atoms with Crippen LogP contribution in [0.5, 0.6) is 0 Å². The lowest BCUT2D eigenvalue weighted by molar-refractivity contribution is -0.142. The SMILES string of the molecule is Nc1cccnc1C(=O)NC1CCCC1C(=O)O. The molecule has 1 aliphatic carbocycles. The molecule has 1 aromatic heterocycles. The third-order valence-electron chi connectivity index (χ3n) is 3.20. The third-order valence-corrected chi connectivity index (χ3v) is 3.20. The lowest BCUT2D eigenvalue weighted by Crippen LogP contribution is -2.40. The molecule has 1 aromatic rings. The minimum absolute atomic E-state index is 0.147. The standard InChI is InChI=1S/C12H15N3O3/c13-8-4-2-6-14-10(8)11(16)15-9-5-1-3-7(9)12(17)18/h2,4,6-7,9H,1,3,5,13H2,(H,15,16)(H,17,18). The van der Waals surface area contributed by atoms with E-state index in [0.717, 1.165) is 6.42 Å². The van der Waals surface area contributed by atoms with Gasteiger partial charge in [0.05, 0.1) is 11.6 Å². The molecular weight excluding hydrogens is 234 g/mol. The van der Waals surface area contributed by atoms with Crippen LogP contribution in [0.15, 0.2) is 18.3 Å². The Labute approximate surface area is 104 Å². The lowest BCUT2D eigenvalue weighted by atomic mass is 10.0. The van der Waals surface area contributed by atoms with Gasteiger partial charge in [0.2, 0.25) is 0 Å². The summed E-state index contributed by atoms with van der Waals surface area (Å²) >= 11 is 0. The van der Waals surface area contributed by atoms with Gasteiger partial charge in [0.15, 0.2) is 5.69 Å². The van der Waals surface area contributed by atoms with Crippen molar-refractivity contribution < 1.29 is 14.7 Å². The predicted octanol–water partition coefficient (Wildman–Crippen LogP) is 0.647. The fourth-order valence-corrected chi connectivity index (χ4v) is 2.27. The maximum absolute atomic E-state index is 11.9. The number of anilines is 1. The fraction of sp³-hybridized carbons (Fsp3) is 0.417. The van der Waals surface area contributed by atoms with Crippen molar-refractivity contribution in [2.75, 3.05) is 5.73 Å². The second-order valence-corrected chi connectivity index (χ2v) is 4.40. The average Bonchev–Trinajstić information content (AvgIpc) is 2.77. The highest BCUT2D eigenvalue weighted by atomic mass is 16.4. The van der Waals surface area contributed by atoms with Crippen LogP contribution in [-0.2, 0) is 4.79 Å². The van der Waals surface area contributed by atoms with Gasteiger partial charge < -0.3 is 16.2 Å². The molecule has 0 aliphatic heterocycles. The number of pyridine rings is 1. The Kier molecular flexibility index (Phi) is 3.45. The number of amides is 1. The highest BCUT2D eigenvalue weighted by Crippen LogP contribution is 2.26. The van der Waals surface area contributed by atoms with E-state index >= 15 is 0 Å². The van der Waals surface area contributed by atoms with E-state index in [1.165, 1.54) is 6.20 Å². The normalized spacial score (nSPS) is 22.7. The zero-order valence-electron chi connectivity index (χ0n) is 9.80. The molecule has 2 rings (SSSR count). The number of hydrogen-bond acceptors (Lipinski definition) is 4. The van der Waals surface area contributed by atoms with Gasteiger partial charge in [-0.3, -0.25) is 9.59 Å². The topological polar surface area (TPSA) is 105 Å². The Morgan fingerprint density at radius 3 is 2.89 bits per heavy atom. The van der Waals surface area contributed by atoms with Crippen LogP contribution in [0.2, 0.25) is 0 Å². The molecule has 6 heteroatoms. The van der Waals surface area contributed by atoms with Gasteiger partial charge in [-0.1, -0.05) is 6.42 Å². The molecule has 1 heterocycles. The number of nitrogens with two attached hydrogens (primary N) is 1. The number of rotatable bonds is 3. The van der Waals surface area contributed by atoms with E-state index in [2.05, 4.69) is 10.3 Å². The molecular formula is C12H15N3O3. The van der Waals surface area contributed by atoms with E-state index in [9.17, 15) is 9.59 Å². The van der Waals surface area contributed by atoms with Gasteiger partial charge in [0.1, 0.15) is 0 Å². The smallest absolute Gasteiger partial charge is 0.308 e. The second-order valence-electron chi connectivity index (χ2n) is 4.40. The molecule has 6 nitrogen and oxygen atoms in total. The monoisotopic (exact) mass is 249 g/mol. The molecule has 2 unspecified atom stereocenters. The molecule has 18 heavy (non-hydrogen) atoms. The number of aliphatic carboxylic acids is 1. The number of carboxylic acid groups (broad SMARTS) is 1. The largest absolute Gasteiger partial charge is 0.481 e. The van der Waals surface area contributed by atoms with Crippen LogP contribution in [-0.4, -0.2) is 28.0 Å². The van der Waals surface area contributed by atoms with Crippen molar-refractivity contribution in [1.29, 1.82) is 0 Å². The van der Waals surface area contributed by atoms with Crippen LogP contribution in [0, 0.1) is 5.92 Å². The molecule has 0 aromatic carbocycles. The molecule has 1 amide bonds. The minimum atomic E-state index is -0.869. The van der Waals surface area contributed by atoms with Crippen LogP contribution >= 0.6 is 0 Å². The number of aromatic nitrogens is 1. The molecule has 2 atom stereocenters. The first-order chi connectivity index (χ1) is 8.59. The van der Waals surface area contributed by atoms with Crippen molar-refractivity contribution in [3.8, 4) is 0 Å². The van der Waals surface area contributed by atoms with Crippen LogP contribution in [0.4, 0.5) is 5.69 Å². The van der Waals surface area contributed by atoms with E-state index in [1.54, 1.807) is 12.1 Å². The summed E-state index contributed by atoms with van der Waals surface area (Å²) in [4.78, 5) is 26.9. The van der Waals surface area contributed by atoms with Gasteiger partial charge in [-0.15, -0.1) is 0 Å². The van der Waals surface area contributed by atoms with Crippen LogP contribution in [0.1, 0.15) is 29.8 Å². The Morgan fingerprint density at radius 2 is 2.22 bits per heavy atom. The van der Waals surface area contributed by atoms with Crippen molar-refractivity contribution in [3.05, 3.63) is 24.0 Å². The van der Waals surface area contributed by atoms with Gasteiger partial charge in [0, 0.05) is 12.2 Å². The van der Waals surface area contributed by atoms with Crippen molar-refractivity contribution in [2.45, 2.75) is 25.3 Å². The van der Waals surface area contributed by atoms with Gasteiger partial charge in [-0.25, -0.2) is 4.98 Å². The molecule has 0 bridgehead atoms. The molecule has 0 saturated heterocycles. The molecule has 0 radical (unpaired) electrons. The van der Waals surface area contributed by atoms with Crippen LogP contribution in [0.25, 0.3) is 0 Å². The number of nitrogen functional groups attached to an aromatic ring is 1. The van der Waals surface area contributed by atoms with Gasteiger partial charge in [-0.05, 0) is 25.0 Å². The summed E-state index contributed by atoms with van der Waals surface area (Å²) in [6.07, 6.45) is 3.56. The molecule has 1 aliphatic rings. The highest BCUT2D eigenvalue weighted by molar-refractivity contribution is 5.97. The molecule has 1 fully saturated rings. The lowest BCUT2D eigenvalue weighted by Gasteiger charge is -2.17. The van der Waals surface area contributed by atoms with Crippen LogP contribution < -0.4 is 11.1 Å². The fourth-order valence-electron chi connectivity index (χ4n) is 2.27. The number of nitrogens with zero attached hydrogens (tertiary/aromatic N) is 1. The third kappa shape index (κ3) is 2.42. The first-order valence-electron chi connectivity index (χ1n) is 5.83. The number of carbonyl (C=O) groups is 2. The second kappa shape index (κ2) is 5.03. The summed E-state index contributed by atoms with van der Waals surface area (Å²) in [5, 5.41) is 11.7. The maximum atomic E-state index is 11.9. The number of hydrogen-bond donors (Lipinski definition) is 3. The zero-order valence-corrected chi connectivity index (χ0v) is 9.80. The van der Waals surface area contributed by atoms with Gasteiger partial charge in [0.25, 0.3) is 5.91 Å². The van der Waals surface area contributed by atoms with Gasteiger partial charge >= 0.3 is 5.97 Å². The Balaban J connectivity index is 2.08. The quantitative estimate of drug-likeness (QED) is 0.729. The summed E-state index contributed by atoms with van der Waals surface area (Å²) < 4.78 is 0. The number of carbonyl (C=O) groups excluding carboxylic acids is 1. The summed E-state index contributed by atoms with van der Waals surface area (Å²) in [7, 11) is 0. The van der Waals surface area contributed by atoms with Crippen LogP contribution in [0.3, 0.4) is 0 Å². The minimum Gasteiger partial charge on any atom is -0.481 e. The van der Waals surface area contributed by atoms with E-state index in [1.807, 2.05) is 0 Å². The average molecular weight is 249 g/mol. The number of nitrogens with one attached hydrogen (secondary N) is 1. The predicted molar refractivity (Wildman–Crippen MR) is 64.9 cm³/mol. The summed E-state index contributed by atoms with van der Waals surface area (Å²) in [6, 6.07) is 2.89. The van der Waals surface area contributed by atoms with Crippen molar-refractivity contribution in [1.82, 2.24) is 10.3 Å². The zero-order chi connectivity index (χ0) is 13.1. The summed E-state index contributed by atoms with van der Waals surface area (Å²) in [5.41, 5.74) is 6.09. The number of carboxylic acids is 1. The summed E-state index contributed by atoms with van der Waals surface area (Å²) in [5.74, 6) is -1.79. The molecule has 96 valence electrons. The Bertz CT molecular complexity index is 475. The van der Waals surface area contributed by atoms with Crippen molar-refractivity contribution in [3.63, 3.8) is 0 Å². The van der Waals surface area contributed by atoms with Crippen molar-refractivity contribution >= 4 is 17.6 Å². The molecule has 1 saturated carbocycles. The van der Waals surface area contributed by atoms with E-state index in [4.69, 9.17) is 10.8 Å². The van der Waals surface area contributed by atoms with Crippen molar-refractivity contribution in [2.24, 2.45) is 5.92 Å². The van der Waals surface area contributed by atoms with E-state index < -0.39 is 17.8 Å². The Hall–Kier alpha value is -2.11. The molecule has 0 spiro atoms. The first-order valence-corrected chi connectivity index (χ1v) is 5.83. The Morgan fingerprint density at radius 1 is 1.44 bits per heavy atom. The first kappa shape index (κ1) is 12.3. The highest BCUT2D eigenvalue weighted by Gasteiger charge is 2.34. The maximum Gasteiger partial charge on any atom is 0.308 e.